The van der Waals surface area contributed by atoms with Gasteiger partial charge in [-0.15, -0.1) is 0 Å². The fraction of sp³-hybridized carbons (Fsp3) is 0.318. The van der Waals surface area contributed by atoms with E-state index in [4.69, 9.17) is 4.42 Å². The van der Waals surface area contributed by atoms with Gasteiger partial charge >= 0.3 is 5.63 Å². The molecule has 3 aromatic rings. The van der Waals surface area contributed by atoms with Crippen LogP contribution in [0.3, 0.4) is 0 Å². The lowest BCUT2D eigenvalue weighted by Gasteiger charge is -2.23. The number of nitrogens with zero attached hydrogens (tertiary/aromatic N) is 1. The standard InChI is InChI=1S/C22H21F2NO2/c1-13-7-19-16(9-22(26)27-21(19)8-14(13)2)12-25(18-5-6-18)11-15-3-4-17(23)10-20(15)24/h3-4,7-10,18H,5-6,11-12H2,1-2H3. The van der Waals surface area contributed by atoms with Crippen molar-refractivity contribution in [1.82, 2.24) is 4.90 Å². The van der Waals surface area contributed by atoms with E-state index in [-0.39, 0.29) is 5.63 Å². The van der Waals surface area contributed by atoms with Crippen molar-refractivity contribution in [3.05, 3.63) is 80.7 Å². The first kappa shape index (κ1) is 17.9. The monoisotopic (exact) mass is 369 g/mol. The first-order chi connectivity index (χ1) is 12.9. The van der Waals surface area contributed by atoms with Gasteiger partial charge in [-0.05, 0) is 61.6 Å². The van der Waals surface area contributed by atoms with Crippen LogP contribution in [0.1, 0.15) is 35.1 Å². The van der Waals surface area contributed by atoms with E-state index in [1.54, 1.807) is 0 Å². The van der Waals surface area contributed by atoms with E-state index >= 15 is 0 Å². The van der Waals surface area contributed by atoms with Crippen molar-refractivity contribution in [1.29, 1.82) is 0 Å². The fourth-order valence-electron chi connectivity index (χ4n) is 3.46. The maximum absolute atomic E-state index is 14.1. The Hall–Kier alpha value is -2.53. The summed E-state index contributed by atoms with van der Waals surface area (Å²) in [7, 11) is 0. The van der Waals surface area contributed by atoms with Crippen LogP contribution in [-0.4, -0.2) is 10.9 Å². The second kappa shape index (κ2) is 6.89. The number of halogens is 2. The molecule has 0 aliphatic heterocycles. The Bertz CT molecular complexity index is 1070. The van der Waals surface area contributed by atoms with Gasteiger partial charge in [-0.2, -0.15) is 0 Å². The van der Waals surface area contributed by atoms with Gasteiger partial charge < -0.3 is 4.42 Å². The zero-order valence-electron chi connectivity index (χ0n) is 15.4. The van der Waals surface area contributed by atoms with E-state index < -0.39 is 11.6 Å². The molecule has 1 aliphatic rings. The van der Waals surface area contributed by atoms with Gasteiger partial charge in [-0.25, -0.2) is 13.6 Å². The van der Waals surface area contributed by atoms with Crippen LogP contribution < -0.4 is 5.63 Å². The van der Waals surface area contributed by atoms with Crippen molar-refractivity contribution in [2.75, 3.05) is 0 Å². The Morgan fingerprint density at radius 1 is 1.00 bits per heavy atom. The molecule has 140 valence electrons. The molecule has 2 aromatic carbocycles. The minimum absolute atomic E-state index is 0.350. The zero-order chi connectivity index (χ0) is 19.1. The summed E-state index contributed by atoms with van der Waals surface area (Å²) < 4.78 is 32.7. The predicted octanol–water partition coefficient (Wildman–Crippen LogP) is 4.85. The van der Waals surface area contributed by atoms with Gasteiger partial charge in [0.05, 0.1) is 0 Å². The van der Waals surface area contributed by atoms with Crippen LogP contribution in [0.25, 0.3) is 11.0 Å². The molecule has 1 aliphatic carbocycles. The van der Waals surface area contributed by atoms with Crippen molar-refractivity contribution in [2.24, 2.45) is 0 Å². The Morgan fingerprint density at radius 3 is 2.41 bits per heavy atom. The average Bonchev–Trinajstić information content (AvgIpc) is 3.43. The SMILES string of the molecule is Cc1cc2oc(=O)cc(CN(Cc3ccc(F)cc3F)C3CC3)c2cc1C. The molecule has 0 unspecified atom stereocenters. The van der Waals surface area contributed by atoms with E-state index in [0.29, 0.717) is 30.3 Å². The van der Waals surface area contributed by atoms with Crippen molar-refractivity contribution >= 4 is 11.0 Å². The summed E-state index contributed by atoms with van der Waals surface area (Å²) in [5.74, 6) is -1.11. The predicted molar refractivity (Wildman–Crippen MR) is 101 cm³/mol. The number of hydrogen-bond donors (Lipinski definition) is 0. The van der Waals surface area contributed by atoms with E-state index in [9.17, 15) is 13.6 Å². The third-order valence-electron chi connectivity index (χ3n) is 5.27. The Balaban J connectivity index is 1.70. The highest BCUT2D eigenvalue weighted by Gasteiger charge is 2.30. The fourth-order valence-corrected chi connectivity index (χ4v) is 3.46. The molecule has 1 saturated carbocycles. The summed E-state index contributed by atoms with van der Waals surface area (Å²) in [4.78, 5) is 14.2. The van der Waals surface area contributed by atoms with Gasteiger partial charge in [0, 0.05) is 42.2 Å². The summed E-state index contributed by atoms with van der Waals surface area (Å²) in [5, 5.41) is 0.905. The van der Waals surface area contributed by atoms with Gasteiger partial charge in [0.15, 0.2) is 0 Å². The van der Waals surface area contributed by atoms with Crippen molar-refractivity contribution in [3.8, 4) is 0 Å². The van der Waals surface area contributed by atoms with Crippen molar-refractivity contribution in [2.45, 2.75) is 45.8 Å². The second-order valence-electron chi connectivity index (χ2n) is 7.40. The molecule has 0 radical (unpaired) electrons. The van der Waals surface area contributed by atoms with Crippen LogP contribution in [0.5, 0.6) is 0 Å². The van der Waals surface area contributed by atoms with Crippen LogP contribution in [0.4, 0.5) is 8.78 Å². The molecule has 3 nitrogen and oxygen atoms in total. The molecule has 0 saturated heterocycles. The molecule has 5 heteroatoms. The molecule has 0 atom stereocenters. The Labute approximate surface area is 156 Å². The summed E-state index contributed by atoms with van der Waals surface area (Å²) >= 11 is 0. The lowest BCUT2D eigenvalue weighted by atomic mass is 10.0. The molecule has 1 heterocycles. The normalized spacial score (nSPS) is 14.3. The molecule has 0 amide bonds. The van der Waals surface area contributed by atoms with Crippen LogP contribution >= 0.6 is 0 Å². The average molecular weight is 369 g/mol. The Kier molecular flexibility index (Phi) is 4.56. The largest absolute Gasteiger partial charge is 0.423 e. The molecule has 0 N–H and O–H groups in total. The first-order valence-corrected chi connectivity index (χ1v) is 9.12. The quantitative estimate of drug-likeness (QED) is 0.603. The molecular formula is C22H21F2NO2. The zero-order valence-corrected chi connectivity index (χ0v) is 15.4. The topological polar surface area (TPSA) is 33.5 Å². The molecular weight excluding hydrogens is 348 g/mol. The van der Waals surface area contributed by atoms with Gasteiger partial charge in [-0.1, -0.05) is 6.07 Å². The van der Waals surface area contributed by atoms with E-state index in [1.807, 2.05) is 26.0 Å². The van der Waals surface area contributed by atoms with Crippen molar-refractivity contribution < 1.29 is 13.2 Å². The molecule has 0 bridgehead atoms. The summed E-state index contributed by atoms with van der Waals surface area (Å²) in [6.07, 6.45) is 2.08. The minimum atomic E-state index is -0.577. The molecule has 4 rings (SSSR count). The van der Waals surface area contributed by atoms with Crippen LogP contribution in [0.2, 0.25) is 0 Å². The Morgan fingerprint density at radius 2 is 1.70 bits per heavy atom. The maximum atomic E-state index is 14.1. The van der Waals surface area contributed by atoms with Gasteiger partial charge in [0.1, 0.15) is 17.2 Å². The highest BCUT2D eigenvalue weighted by Crippen LogP contribution is 2.32. The number of hydrogen-bond acceptors (Lipinski definition) is 3. The lowest BCUT2D eigenvalue weighted by Crippen LogP contribution is -2.26. The highest BCUT2D eigenvalue weighted by molar-refractivity contribution is 5.81. The summed E-state index contributed by atoms with van der Waals surface area (Å²) in [6.45, 7) is 4.90. The third-order valence-corrected chi connectivity index (χ3v) is 5.27. The first-order valence-electron chi connectivity index (χ1n) is 9.12. The molecule has 1 aromatic heterocycles. The number of fused-ring (bicyclic) bond motifs is 1. The highest BCUT2D eigenvalue weighted by atomic mass is 19.1. The van der Waals surface area contributed by atoms with E-state index in [0.717, 1.165) is 41.0 Å². The second-order valence-corrected chi connectivity index (χ2v) is 7.40. The third kappa shape index (κ3) is 3.78. The maximum Gasteiger partial charge on any atom is 0.336 e. The van der Waals surface area contributed by atoms with Gasteiger partial charge in [-0.3, -0.25) is 4.90 Å². The summed E-state index contributed by atoms with van der Waals surface area (Å²) in [6, 6.07) is 9.48. The van der Waals surface area contributed by atoms with Gasteiger partial charge in [0.25, 0.3) is 0 Å². The van der Waals surface area contributed by atoms with Crippen LogP contribution in [0.15, 0.2) is 45.6 Å². The summed E-state index contributed by atoms with van der Waals surface area (Å²) in [5.41, 5.74) is 3.71. The van der Waals surface area contributed by atoms with Crippen molar-refractivity contribution in [3.63, 3.8) is 0 Å². The van der Waals surface area contributed by atoms with Gasteiger partial charge in [0.2, 0.25) is 0 Å². The van der Waals surface area contributed by atoms with E-state index in [1.165, 1.54) is 18.2 Å². The lowest BCUT2D eigenvalue weighted by molar-refractivity contribution is 0.242. The van der Waals surface area contributed by atoms with E-state index in [2.05, 4.69) is 4.90 Å². The molecule has 0 spiro atoms. The number of rotatable bonds is 5. The molecule has 1 fully saturated rings. The van der Waals surface area contributed by atoms with Crippen LogP contribution in [0, 0.1) is 25.5 Å². The van der Waals surface area contributed by atoms with Crippen LogP contribution in [-0.2, 0) is 13.1 Å². The smallest absolute Gasteiger partial charge is 0.336 e. The number of benzene rings is 2. The molecule has 27 heavy (non-hydrogen) atoms. The minimum Gasteiger partial charge on any atom is -0.423 e. The number of aryl methyl sites for hydroxylation is 2.